The Morgan fingerprint density at radius 3 is 2.37 bits per heavy atom. The summed E-state index contributed by atoms with van der Waals surface area (Å²) in [6.07, 6.45) is -0.404. The Labute approximate surface area is 225 Å². The van der Waals surface area contributed by atoms with Gasteiger partial charge in [0.1, 0.15) is 17.0 Å². The molecule has 3 aromatic carbocycles. The fourth-order valence-electron chi connectivity index (χ4n) is 4.45. The van der Waals surface area contributed by atoms with E-state index in [1.54, 1.807) is 37.3 Å². The molecule has 8 heteroatoms. The number of anilines is 1. The predicted octanol–water partition coefficient (Wildman–Crippen LogP) is 6.22. The fourth-order valence-corrected chi connectivity index (χ4v) is 4.61. The molecule has 0 unspecified atom stereocenters. The number of carbonyl (C=O) groups is 2. The number of fused-ring (bicyclic) bond motifs is 1. The Morgan fingerprint density at radius 1 is 1.03 bits per heavy atom. The van der Waals surface area contributed by atoms with Crippen LogP contribution in [0.15, 0.2) is 65.5 Å². The number of nitrogens with zero attached hydrogens (tertiary/aromatic N) is 1. The number of carboxylic acids is 1. The Morgan fingerprint density at radius 2 is 1.71 bits per heavy atom. The van der Waals surface area contributed by atoms with E-state index in [4.69, 9.17) is 16.3 Å². The largest absolute Gasteiger partial charge is 0.487 e. The maximum atomic E-state index is 13.4. The third-order valence-corrected chi connectivity index (χ3v) is 6.40. The topological polar surface area (TPSA) is 97.6 Å². The van der Waals surface area contributed by atoms with Crippen molar-refractivity contribution in [1.82, 2.24) is 4.57 Å². The predicted molar refractivity (Wildman–Crippen MR) is 150 cm³/mol. The summed E-state index contributed by atoms with van der Waals surface area (Å²) < 4.78 is 7.44. The zero-order valence-electron chi connectivity index (χ0n) is 21.9. The van der Waals surface area contributed by atoms with Crippen LogP contribution in [0.5, 0.6) is 5.75 Å². The Hall–Kier alpha value is -4.10. The minimum atomic E-state index is -1.10. The molecule has 0 bridgehead atoms. The average molecular weight is 533 g/mol. The summed E-state index contributed by atoms with van der Waals surface area (Å²) in [5, 5.41) is 14.8. The van der Waals surface area contributed by atoms with Gasteiger partial charge in [0.2, 0.25) is 0 Å². The zero-order chi connectivity index (χ0) is 27.8. The van der Waals surface area contributed by atoms with E-state index in [9.17, 15) is 19.5 Å². The Kier molecular flexibility index (Phi) is 7.33. The standard InChI is InChI=1S/C30H29ClN2O5/c1-17-26(22-13-12-21(31)15-24(22)38-30(2,3)4)23(16-25(34)35)33(5)29(37)27(17)32-28(36)20-11-10-18-8-6-7-9-19(18)14-20/h6-15H,16H2,1-5H3,(H,32,36)(H,34,35). The number of benzene rings is 3. The lowest BCUT2D eigenvalue weighted by Crippen LogP contribution is -2.30. The van der Waals surface area contributed by atoms with Crippen molar-refractivity contribution < 1.29 is 19.4 Å². The van der Waals surface area contributed by atoms with Crippen molar-refractivity contribution in [3.8, 4) is 16.9 Å². The van der Waals surface area contributed by atoms with Crippen molar-refractivity contribution in [3.05, 3.63) is 92.9 Å². The van der Waals surface area contributed by atoms with E-state index in [0.717, 1.165) is 10.8 Å². The minimum absolute atomic E-state index is 0.0615. The molecule has 0 aliphatic carbocycles. The van der Waals surface area contributed by atoms with E-state index in [2.05, 4.69) is 5.32 Å². The second-order valence-electron chi connectivity index (χ2n) is 10.1. The molecule has 2 N–H and O–H groups in total. The maximum absolute atomic E-state index is 13.4. The molecule has 1 amide bonds. The first-order valence-corrected chi connectivity index (χ1v) is 12.5. The number of pyridine rings is 1. The molecule has 0 saturated heterocycles. The summed E-state index contributed by atoms with van der Waals surface area (Å²) in [4.78, 5) is 38.5. The van der Waals surface area contributed by atoms with Gasteiger partial charge < -0.3 is 19.7 Å². The molecule has 38 heavy (non-hydrogen) atoms. The van der Waals surface area contributed by atoms with Gasteiger partial charge in [-0.3, -0.25) is 14.4 Å². The molecular weight excluding hydrogens is 504 g/mol. The third-order valence-electron chi connectivity index (χ3n) is 6.16. The van der Waals surface area contributed by atoms with E-state index in [1.165, 1.54) is 11.6 Å². The monoisotopic (exact) mass is 532 g/mol. The van der Waals surface area contributed by atoms with Crippen LogP contribution in [-0.4, -0.2) is 27.2 Å². The number of ether oxygens (including phenoxy) is 1. The minimum Gasteiger partial charge on any atom is -0.487 e. The van der Waals surface area contributed by atoms with Gasteiger partial charge in [0, 0.05) is 34.5 Å². The molecule has 0 atom stereocenters. The molecule has 1 heterocycles. The van der Waals surface area contributed by atoms with E-state index in [1.807, 2.05) is 51.1 Å². The molecule has 0 radical (unpaired) electrons. The summed E-state index contributed by atoms with van der Waals surface area (Å²) in [6.45, 7) is 7.35. The van der Waals surface area contributed by atoms with Crippen molar-refractivity contribution in [2.45, 2.75) is 39.7 Å². The number of halogens is 1. The second-order valence-corrected chi connectivity index (χ2v) is 10.6. The molecule has 4 rings (SSSR count). The Balaban J connectivity index is 1.90. The summed E-state index contributed by atoms with van der Waals surface area (Å²) in [6, 6.07) is 18.0. The number of carbonyl (C=O) groups excluding carboxylic acids is 1. The highest BCUT2D eigenvalue weighted by molar-refractivity contribution is 6.30. The maximum Gasteiger partial charge on any atom is 0.309 e. The molecule has 0 spiro atoms. The Bertz CT molecular complexity index is 1630. The van der Waals surface area contributed by atoms with Gasteiger partial charge in [-0.15, -0.1) is 0 Å². The normalized spacial score (nSPS) is 11.4. The summed E-state index contributed by atoms with van der Waals surface area (Å²) >= 11 is 6.28. The number of rotatable bonds is 6. The summed E-state index contributed by atoms with van der Waals surface area (Å²) in [7, 11) is 1.50. The van der Waals surface area contributed by atoms with Crippen LogP contribution in [0.4, 0.5) is 5.69 Å². The average Bonchev–Trinajstić information content (AvgIpc) is 2.84. The highest BCUT2D eigenvalue weighted by atomic mass is 35.5. The molecule has 0 aliphatic heterocycles. The SMILES string of the molecule is Cc1c(-c2ccc(Cl)cc2OC(C)(C)C)c(CC(=O)O)n(C)c(=O)c1NC(=O)c1ccc2ccccc2c1. The lowest BCUT2D eigenvalue weighted by molar-refractivity contribution is -0.136. The van der Waals surface area contributed by atoms with Crippen LogP contribution in [0.25, 0.3) is 21.9 Å². The molecule has 0 saturated carbocycles. The lowest BCUT2D eigenvalue weighted by Gasteiger charge is -2.26. The van der Waals surface area contributed by atoms with E-state index in [0.29, 0.717) is 33.0 Å². The van der Waals surface area contributed by atoms with Crippen LogP contribution in [0.3, 0.4) is 0 Å². The number of amides is 1. The van der Waals surface area contributed by atoms with Crippen LogP contribution >= 0.6 is 11.6 Å². The van der Waals surface area contributed by atoms with Crippen LogP contribution in [0.1, 0.15) is 42.4 Å². The first kappa shape index (κ1) is 26.9. The van der Waals surface area contributed by atoms with Crippen molar-refractivity contribution >= 4 is 39.9 Å². The number of nitrogens with one attached hydrogen (secondary N) is 1. The highest BCUT2D eigenvalue weighted by Gasteiger charge is 2.25. The molecule has 0 aliphatic rings. The van der Waals surface area contributed by atoms with Gasteiger partial charge in [0.15, 0.2) is 0 Å². The number of aliphatic carboxylic acids is 1. The van der Waals surface area contributed by atoms with Crippen molar-refractivity contribution in [2.24, 2.45) is 7.05 Å². The molecule has 1 aromatic heterocycles. The molecular formula is C30H29ClN2O5. The van der Waals surface area contributed by atoms with Crippen LogP contribution in [0, 0.1) is 6.92 Å². The first-order chi connectivity index (χ1) is 17.9. The van der Waals surface area contributed by atoms with Crippen molar-refractivity contribution in [1.29, 1.82) is 0 Å². The van der Waals surface area contributed by atoms with Crippen LogP contribution in [-0.2, 0) is 18.3 Å². The quantitative estimate of drug-likeness (QED) is 0.307. The summed E-state index contributed by atoms with van der Waals surface area (Å²) in [5.74, 6) is -1.11. The molecule has 0 fully saturated rings. The fraction of sp³-hybridized carbons (Fsp3) is 0.233. The van der Waals surface area contributed by atoms with Crippen LogP contribution in [0.2, 0.25) is 5.02 Å². The number of carboxylic acid groups (broad SMARTS) is 1. The van der Waals surface area contributed by atoms with E-state index in [-0.39, 0.29) is 11.4 Å². The van der Waals surface area contributed by atoms with E-state index < -0.39 is 29.5 Å². The van der Waals surface area contributed by atoms with Crippen molar-refractivity contribution in [3.63, 3.8) is 0 Å². The molecule has 7 nitrogen and oxygen atoms in total. The van der Waals surface area contributed by atoms with Gasteiger partial charge in [0.25, 0.3) is 11.5 Å². The van der Waals surface area contributed by atoms with Gasteiger partial charge in [-0.1, -0.05) is 41.9 Å². The van der Waals surface area contributed by atoms with Crippen LogP contribution < -0.4 is 15.6 Å². The lowest BCUT2D eigenvalue weighted by atomic mass is 9.94. The zero-order valence-corrected chi connectivity index (χ0v) is 22.6. The number of aromatic nitrogens is 1. The van der Waals surface area contributed by atoms with Gasteiger partial charge >= 0.3 is 5.97 Å². The van der Waals surface area contributed by atoms with Gasteiger partial charge in [-0.05, 0) is 74.4 Å². The van der Waals surface area contributed by atoms with Gasteiger partial charge in [-0.25, -0.2) is 0 Å². The molecule has 4 aromatic rings. The van der Waals surface area contributed by atoms with Crippen molar-refractivity contribution in [2.75, 3.05) is 5.32 Å². The summed E-state index contributed by atoms with van der Waals surface area (Å²) in [5.41, 5.74) is 1.13. The van der Waals surface area contributed by atoms with E-state index >= 15 is 0 Å². The third kappa shape index (κ3) is 5.58. The molecule has 196 valence electrons. The highest BCUT2D eigenvalue weighted by Crippen LogP contribution is 2.39. The number of hydrogen-bond donors (Lipinski definition) is 2. The van der Waals surface area contributed by atoms with Gasteiger partial charge in [0.05, 0.1) is 6.42 Å². The first-order valence-electron chi connectivity index (χ1n) is 12.1. The second kappa shape index (κ2) is 10.3. The smallest absolute Gasteiger partial charge is 0.309 e. The number of hydrogen-bond acceptors (Lipinski definition) is 4. The van der Waals surface area contributed by atoms with Gasteiger partial charge in [-0.2, -0.15) is 0 Å².